The number of hydrogen-bond acceptors (Lipinski definition) is 5. The van der Waals surface area contributed by atoms with Gasteiger partial charge in [0.05, 0.1) is 18.4 Å². The zero-order chi connectivity index (χ0) is 18.9. The summed E-state index contributed by atoms with van der Waals surface area (Å²) in [6.45, 7) is 2.58. The largest absolute Gasteiger partial charge is 0.490 e. The van der Waals surface area contributed by atoms with Crippen LogP contribution in [-0.4, -0.2) is 22.3 Å². The summed E-state index contributed by atoms with van der Waals surface area (Å²) in [5.74, 6) is 1.59. The fourth-order valence-corrected chi connectivity index (χ4v) is 3.90. The minimum Gasteiger partial charge on any atom is -0.490 e. The van der Waals surface area contributed by atoms with Crippen LogP contribution in [0.25, 0.3) is 0 Å². The van der Waals surface area contributed by atoms with Crippen molar-refractivity contribution < 1.29 is 9.47 Å². The van der Waals surface area contributed by atoms with Crippen LogP contribution in [0.2, 0.25) is 0 Å². The van der Waals surface area contributed by atoms with E-state index in [1.54, 1.807) is 6.20 Å². The predicted molar refractivity (Wildman–Crippen MR) is 107 cm³/mol. The Morgan fingerprint density at radius 3 is 2.75 bits per heavy atom. The van der Waals surface area contributed by atoms with Gasteiger partial charge >= 0.3 is 0 Å². The molecule has 0 saturated carbocycles. The fourth-order valence-electron chi connectivity index (χ4n) is 3.90. The van der Waals surface area contributed by atoms with Gasteiger partial charge in [-0.25, -0.2) is 5.01 Å². The van der Waals surface area contributed by atoms with Crippen LogP contribution >= 0.6 is 0 Å². The van der Waals surface area contributed by atoms with E-state index in [1.165, 1.54) is 0 Å². The Morgan fingerprint density at radius 2 is 1.96 bits per heavy atom. The van der Waals surface area contributed by atoms with Crippen molar-refractivity contribution in [3.8, 4) is 11.5 Å². The van der Waals surface area contributed by atoms with E-state index in [-0.39, 0.29) is 12.3 Å². The minimum atomic E-state index is -0.339. The van der Waals surface area contributed by atoms with Crippen molar-refractivity contribution in [3.05, 3.63) is 89.7 Å². The molecule has 0 saturated heterocycles. The van der Waals surface area contributed by atoms with E-state index in [1.807, 2.05) is 55.6 Å². The first kappa shape index (κ1) is 16.8. The molecule has 5 heteroatoms. The summed E-state index contributed by atoms with van der Waals surface area (Å²) in [4.78, 5) is 4.28. The highest BCUT2D eigenvalue weighted by atomic mass is 16.5. The number of nitrogens with zero attached hydrogens (tertiary/aromatic N) is 3. The molecular weight excluding hydrogens is 350 g/mol. The van der Waals surface area contributed by atoms with Gasteiger partial charge in [-0.3, -0.25) is 4.98 Å². The number of pyridine rings is 1. The average molecular weight is 371 g/mol. The SMILES string of the molecule is CCOc1cccc2c1O[C@@H](c1cccnc1)N1N=C(c3ccccc3)C[C@@H]21. The molecule has 3 heterocycles. The molecule has 28 heavy (non-hydrogen) atoms. The van der Waals surface area contributed by atoms with Gasteiger partial charge in [-0.05, 0) is 24.6 Å². The second-order valence-corrected chi connectivity index (χ2v) is 6.88. The third-order valence-electron chi connectivity index (χ3n) is 5.16. The van der Waals surface area contributed by atoms with E-state index in [4.69, 9.17) is 14.6 Å². The Hall–Kier alpha value is -3.34. The molecule has 2 aliphatic heterocycles. The molecule has 0 N–H and O–H groups in total. The molecule has 0 amide bonds. The summed E-state index contributed by atoms with van der Waals surface area (Å²) in [7, 11) is 0. The zero-order valence-corrected chi connectivity index (χ0v) is 15.7. The van der Waals surface area contributed by atoms with Crippen molar-refractivity contribution in [1.29, 1.82) is 0 Å². The third kappa shape index (κ3) is 2.80. The third-order valence-corrected chi connectivity index (χ3v) is 5.16. The van der Waals surface area contributed by atoms with Gasteiger partial charge in [0, 0.05) is 29.9 Å². The number of aromatic nitrogens is 1. The Kier molecular flexibility index (Phi) is 4.20. The Bertz CT molecular complexity index is 1000. The molecule has 0 radical (unpaired) electrons. The second kappa shape index (κ2) is 7.00. The maximum absolute atomic E-state index is 6.45. The van der Waals surface area contributed by atoms with Gasteiger partial charge in [-0.2, -0.15) is 5.10 Å². The van der Waals surface area contributed by atoms with E-state index >= 15 is 0 Å². The van der Waals surface area contributed by atoms with E-state index in [0.717, 1.165) is 40.3 Å². The van der Waals surface area contributed by atoms with Crippen LogP contribution in [-0.2, 0) is 0 Å². The van der Waals surface area contributed by atoms with Gasteiger partial charge in [-0.1, -0.05) is 48.5 Å². The first-order chi connectivity index (χ1) is 13.8. The number of fused-ring (bicyclic) bond motifs is 3. The summed E-state index contributed by atoms with van der Waals surface area (Å²) in [5.41, 5.74) is 4.30. The molecule has 0 aliphatic carbocycles. The maximum Gasteiger partial charge on any atom is 0.215 e. The van der Waals surface area contributed by atoms with E-state index in [0.29, 0.717) is 6.61 Å². The zero-order valence-electron chi connectivity index (χ0n) is 15.7. The van der Waals surface area contributed by atoms with E-state index in [2.05, 4.69) is 28.2 Å². The lowest BCUT2D eigenvalue weighted by atomic mass is 9.95. The van der Waals surface area contributed by atoms with Crippen LogP contribution in [0, 0.1) is 0 Å². The fraction of sp³-hybridized carbons (Fsp3) is 0.217. The first-order valence-electron chi connectivity index (χ1n) is 9.58. The Morgan fingerprint density at radius 1 is 1.07 bits per heavy atom. The lowest BCUT2D eigenvalue weighted by Gasteiger charge is -2.38. The summed E-state index contributed by atoms with van der Waals surface area (Å²) in [5, 5.41) is 7.04. The number of ether oxygens (including phenoxy) is 2. The van der Waals surface area contributed by atoms with Crippen LogP contribution in [0.5, 0.6) is 11.5 Å². The van der Waals surface area contributed by atoms with Crippen molar-refractivity contribution in [2.45, 2.75) is 25.6 Å². The number of para-hydroxylation sites is 1. The molecule has 140 valence electrons. The first-order valence-corrected chi connectivity index (χ1v) is 9.58. The van der Waals surface area contributed by atoms with Crippen LogP contribution in [0.3, 0.4) is 0 Å². The molecule has 0 unspecified atom stereocenters. The Balaban J connectivity index is 1.62. The van der Waals surface area contributed by atoms with Crippen molar-refractivity contribution in [1.82, 2.24) is 9.99 Å². The lowest BCUT2D eigenvalue weighted by molar-refractivity contribution is -0.0214. The van der Waals surface area contributed by atoms with E-state index < -0.39 is 0 Å². The van der Waals surface area contributed by atoms with Crippen molar-refractivity contribution >= 4 is 5.71 Å². The lowest BCUT2D eigenvalue weighted by Crippen LogP contribution is -2.34. The van der Waals surface area contributed by atoms with Crippen molar-refractivity contribution in [2.24, 2.45) is 5.10 Å². The van der Waals surface area contributed by atoms with Gasteiger partial charge in [0.1, 0.15) is 0 Å². The van der Waals surface area contributed by atoms with Crippen molar-refractivity contribution in [3.63, 3.8) is 0 Å². The quantitative estimate of drug-likeness (QED) is 0.666. The monoisotopic (exact) mass is 371 g/mol. The number of rotatable bonds is 4. The van der Waals surface area contributed by atoms with Gasteiger partial charge in [-0.15, -0.1) is 0 Å². The summed E-state index contributed by atoms with van der Waals surface area (Å²) < 4.78 is 12.3. The maximum atomic E-state index is 6.45. The molecule has 2 atom stereocenters. The topological polar surface area (TPSA) is 47.0 Å². The Labute approximate surface area is 164 Å². The average Bonchev–Trinajstić information content (AvgIpc) is 3.21. The van der Waals surface area contributed by atoms with Gasteiger partial charge in [0.15, 0.2) is 11.5 Å². The summed E-state index contributed by atoms with van der Waals surface area (Å²) in [6.07, 6.45) is 4.10. The van der Waals surface area contributed by atoms with Gasteiger partial charge < -0.3 is 9.47 Å². The molecule has 0 spiro atoms. The molecule has 0 bridgehead atoms. The molecule has 3 aromatic rings. The van der Waals surface area contributed by atoms with Crippen LogP contribution in [0.1, 0.15) is 42.3 Å². The molecule has 5 nitrogen and oxygen atoms in total. The molecule has 0 fully saturated rings. The highest BCUT2D eigenvalue weighted by Gasteiger charge is 2.42. The number of hydrazone groups is 1. The second-order valence-electron chi connectivity index (χ2n) is 6.88. The van der Waals surface area contributed by atoms with Crippen molar-refractivity contribution in [2.75, 3.05) is 6.61 Å². The standard InChI is InChI=1S/C23H21N3O2/c1-2-27-21-12-6-11-18-20-14-19(16-8-4-3-5-9-16)25-26(20)23(28-22(18)21)17-10-7-13-24-15-17/h3-13,15,20,23H,2,14H2,1H3/t20-,23-/m0/s1. The van der Waals surface area contributed by atoms with Gasteiger partial charge in [0.2, 0.25) is 6.23 Å². The van der Waals surface area contributed by atoms with Crippen LogP contribution in [0.15, 0.2) is 78.2 Å². The highest BCUT2D eigenvalue weighted by Crippen LogP contribution is 2.50. The van der Waals surface area contributed by atoms with Gasteiger partial charge in [0.25, 0.3) is 0 Å². The highest BCUT2D eigenvalue weighted by molar-refractivity contribution is 6.01. The number of hydrogen-bond donors (Lipinski definition) is 0. The molecule has 2 aromatic carbocycles. The minimum absolute atomic E-state index is 0.101. The molecular formula is C23H21N3O2. The molecule has 2 aliphatic rings. The normalized spacial score (nSPS) is 20.0. The summed E-state index contributed by atoms with van der Waals surface area (Å²) >= 11 is 0. The van der Waals surface area contributed by atoms with Crippen LogP contribution in [0.4, 0.5) is 0 Å². The number of benzene rings is 2. The molecule has 1 aromatic heterocycles. The molecule has 5 rings (SSSR count). The predicted octanol–water partition coefficient (Wildman–Crippen LogP) is 4.72. The summed E-state index contributed by atoms with van der Waals surface area (Å²) in [6, 6.07) is 20.5. The van der Waals surface area contributed by atoms with E-state index in [9.17, 15) is 0 Å². The van der Waals surface area contributed by atoms with Crippen LogP contribution < -0.4 is 9.47 Å². The smallest absolute Gasteiger partial charge is 0.215 e.